The Morgan fingerprint density at radius 2 is 2.14 bits per heavy atom. The number of aliphatic imine (C=N–C) groups is 1. The fourth-order valence-electron chi connectivity index (χ4n) is 4.37. The van der Waals surface area contributed by atoms with Crippen LogP contribution < -0.4 is 5.32 Å². The third kappa shape index (κ3) is 3.40. The summed E-state index contributed by atoms with van der Waals surface area (Å²) in [5, 5.41) is 3.64. The number of ether oxygens (including phenoxy) is 1. The summed E-state index contributed by atoms with van der Waals surface area (Å²) in [6.45, 7) is 6.50. The molecule has 1 N–H and O–H groups in total. The van der Waals surface area contributed by atoms with Crippen LogP contribution in [0.4, 0.5) is 0 Å². The lowest BCUT2D eigenvalue weighted by molar-refractivity contribution is 0.140. The predicted molar refractivity (Wildman–Crippen MR) is 90.3 cm³/mol. The molecule has 0 aromatic carbocycles. The van der Waals surface area contributed by atoms with Crippen LogP contribution in [0.25, 0.3) is 0 Å². The molecule has 1 unspecified atom stereocenters. The molecule has 3 fully saturated rings. The Kier molecular flexibility index (Phi) is 5.24. The van der Waals surface area contributed by atoms with Crippen molar-refractivity contribution in [1.82, 2.24) is 15.1 Å². The molecule has 22 heavy (non-hydrogen) atoms. The third-order valence-corrected chi connectivity index (χ3v) is 5.94. The first-order chi connectivity index (χ1) is 10.8. The number of nitrogens with zero attached hydrogens (tertiary/aromatic N) is 3. The maximum Gasteiger partial charge on any atom is 0.193 e. The van der Waals surface area contributed by atoms with Crippen LogP contribution >= 0.6 is 0 Å². The molecule has 126 valence electrons. The van der Waals surface area contributed by atoms with E-state index in [0.29, 0.717) is 11.5 Å². The lowest BCUT2D eigenvalue weighted by atomic mass is 9.68. The molecule has 2 heterocycles. The van der Waals surface area contributed by atoms with Crippen molar-refractivity contribution in [1.29, 1.82) is 0 Å². The van der Waals surface area contributed by atoms with Gasteiger partial charge in [0.25, 0.3) is 0 Å². The van der Waals surface area contributed by atoms with Crippen LogP contribution in [0.15, 0.2) is 4.99 Å². The molecular weight excluding hydrogens is 276 g/mol. The van der Waals surface area contributed by atoms with E-state index in [1.807, 2.05) is 7.05 Å². The van der Waals surface area contributed by atoms with Gasteiger partial charge in [-0.1, -0.05) is 6.42 Å². The van der Waals surface area contributed by atoms with Crippen molar-refractivity contribution in [3.63, 3.8) is 0 Å². The van der Waals surface area contributed by atoms with Gasteiger partial charge in [0.05, 0.1) is 6.61 Å². The van der Waals surface area contributed by atoms with Gasteiger partial charge in [0.2, 0.25) is 0 Å². The van der Waals surface area contributed by atoms with Crippen LogP contribution in [0.1, 0.15) is 38.5 Å². The molecule has 2 aliphatic heterocycles. The molecule has 1 spiro atoms. The number of guanidine groups is 1. The minimum Gasteiger partial charge on any atom is -0.383 e. The Labute approximate surface area is 135 Å². The Morgan fingerprint density at radius 3 is 2.77 bits per heavy atom. The highest BCUT2D eigenvalue weighted by Gasteiger charge is 2.43. The second-order valence-electron chi connectivity index (χ2n) is 7.28. The second-order valence-corrected chi connectivity index (χ2v) is 7.28. The van der Waals surface area contributed by atoms with Gasteiger partial charge in [-0.2, -0.15) is 0 Å². The second kappa shape index (κ2) is 7.18. The van der Waals surface area contributed by atoms with Gasteiger partial charge in [-0.15, -0.1) is 0 Å². The number of hydrogen-bond acceptors (Lipinski definition) is 3. The van der Waals surface area contributed by atoms with Crippen molar-refractivity contribution >= 4 is 5.96 Å². The Balaban J connectivity index is 1.47. The van der Waals surface area contributed by atoms with Gasteiger partial charge in [-0.05, 0) is 44.1 Å². The van der Waals surface area contributed by atoms with E-state index >= 15 is 0 Å². The van der Waals surface area contributed by atoms with Crippen LogP contribution in [-0.4, -0.2) is 75.3 Å². The summed E-state index contributed by atoms with van der Waals surface area (Å²) in [6.07, 6.45) is 8.23. The third-order valence-electron chi connectivity index (χ3n) is 5.94. The van der Waals surface area contributed by atoms with Gasteiger partial charge in [-0.3, -0.25) is 9.89 Å². The zero-order chi connectivity index (χ0) is 15.4. The minimum atomic E-state index is 0.632. The molecule has 3 aliphatic rings. The molecule has 0 radical (unpaired) electrons. The lowest BCUT2D eigenvalue weighted by Gasteiger charge is -2.38. The molecule has 1 atom stereocenters. The van der Waals surface area contributed by atoms with E-state index in [0.717, 1.165) is 25.7 Å². The Morgan fingerprint density at radius 1 is 1.27 bits per heavy atom. The highest BCUT2D eigenvalue weighted by Crippen LogP contribution is 2.47. The fraction of sp³-hybridized carbons (Fsp3) is 0.941. The highest BCUT2D eigenvalue weighted by molar-refractivity contribution is 5.80. The van der Waals surface area contributed by atoms with Crippen molar-refractivity contribution in [3.8, 4) is 0 Å². The van der Waals surface area contributed by atoms with E-state index in [2.05, 4.69) is 20.1 Å². The van der Waals surface area contributed by atoms with Crippen molar-refractivity contribution in [3.05, 3.63) is 0 Å². The van der Waals surface area contributed by atoms with E-state index in [4.69, 9.17) is 4.74 Å². The van der Waals surface area contributed by atoms with Gasteiger partial charge < -0.3 is 15.0 Å². The smallest absolute Gasteiger partial charge is 0.193 e. The van der Waals surface area contributed by atoms with Crippen LogP contribution in [0.5, 0.6) is 0 Å². The minimum absolute atomic E-state index is 0.632. The van der Waals surface area contributed by atoms with Gasteiger partial charge >= 0.3 is 0 Å². The summed E-state index contributed by atoms with van der Waals surface area (Å²) in [7, 11) is 3.71. The number of rotatable bonds is 5. The molecule has 1 aliphatic carbocycles. The average molecular weight is 308 g/mol. The summed E-state index contributed by atoms with van der Waals surface area (Å²) in [6, 6.07) is 0.632. The van der Waals surface area contributed by atoms with Crippen molar-refractivity contribution in [2.45, 2.75) is 44.6 Å². The van der Waals surface area contributed by atoms with E-state index in [-0.39, 0.29) is 0 Å². The first-order valence-electron chi connectivity index (χ1n) is 8.95. The SMILES string of the molecule is CN=C(NCC1CCCN1CCOC)N1CCC2(CCC2)C1. The summed E-state index contributed by atoms with van der Waals surface area (Å²) >= 11 is 0. The summed E-state index contributed by atoms with van der Waals surface area (Å²) in [4.78, 5) is 9.57. The molecule has 3 rings (SSSR count). The zero-order valence-corrected chi connectivity index (χ0v) is 14.3. The van der Waals surface area contributed by atoms with Crippen molar-refractivity contribution in [2.75, 3.05) is 53.5 Å². The fourth-order valence-corrected chi connectivity index (χ4v) is 4.37. The van der Waals surface area contributed by atoms with E-state index in [1.165, 1.54) is 58.2 Å². The molecule has 1 saturated carbocycles. The maximum atomic E-state index is 5.23. The molecule has 0 bridgehead atoms. The first kappa shape index (κ1) is 16.1. The Hall–Kier alpha value is -0.810. The molecule has 0 aromatic heterocycles. The molecule has 2 saturated heterocycles. The summed E-state index contributed by atoms with van der Waals surface area (Å²) < 4.78 is 5.23. The topological polar surface area (TPSA) is 40.1 Å². The first-order valence-corrected chi connectivity index (χ1v) is 8.95. The lowest BCUT2D eigenvalue weighted by Crippen LogP contribution is -2.47. The van der Waals surface area contributed by atoms with Gasteiger partial charge in [-0.25, -0.2) is 0 Å². The monoisotopic (exact) mass is 308 g/mol. The number of nitrogens with one attached hydrogen (secondary N) is 1. The molecule has 0 amide bonds. The van der Waals surface area contributed by atoms with Crippen LogP contribution in [0, 0.1) is 5.41 Å². The molecular formula is C17H32N4O. The van der Waals surface area contributed by atoms with Crippen molar-refractivity contribution < 1.29 is 4.74 Å². The summed E-state index contributed by atoms with van der Waals surface area (Å²) in [5.74, 6) is 1.11. The highest BCUT2D eigenvalue weighted by atomic mass is 16.5. The largest absolute Gasteiger partial charge is 0.383 e. The molecule has 0 aromatic rings. The number of methoxy groups -OCH3 is 1. The standard InChI is InChI=1S/C17H32N4O/c1-18-16(21-10-8-17(14-21)6-4-7-17)19-13-15-5-3-9-20(15)11-12-22-2/h15H,3-14H2,1-2H3,(H,18,19). The quantitative estimate of drug-likeness (QED) is 0.618. The van der Waals surface area contributed by atoms with Crippen LogP contribution in [0.2, 0.25) is 0 Å². The van der Waals surface area contributed by atoms with Crippen molar-refractivity contribution in [2.24, 2.45) is 10.4 Å². The van der Waals surface area contributed by atoms with Gasteiger partial charge in [0.15, 0.2) is 5.96 Å². The average Bonchev–Trinajstić information content (AvgIpc) is 3.12. The summed E-state index contributed by atoms with van der Waals surface area (Å²) in [5.41, 5.74) is 0.634. The van der Waals surface area contributed by atoms with E-state index in [1.54, 1.807) is 7.11 Å². The molecule has 5 nitrogen and oxygen atoms in total. The normalized spacial score (nSPS) is 28.4. The number of hydrogen-bond donors (Lipinski definition) is 1. The van der Waals surface area contributed by atoms with Gasteiger partial charge in [0.1, 0.15) is 0 Å². The zero-order valence-electron chi connectivity index (χ0n) is 14.3. The van der Waals surface area contributed by atoms with Crippen LogP contribution in [-0.2, 0) is 4.74 Å². The van der Waals surface area contributed by atoms with Gasteiger partial charge in [0, 0.05) is 46.4 Å². The van der Waals surface area contributed by atoms with Crippen LogP contribution in [0.3, 0.4) is 0 Å². The van der Waals surface area contributed by atoms with E-state index in [9.17, 15) is 0 Å². The van der Waals surface area contributed by atoms with E-state index < -0.39 is 0 Å². The molecule has 5 heteroatoms. The number of likely N-dealkylation sites (tertiary alicyclic amines) is 2. The Bertz CT molecular complexity index is 394. The maximum absolute atomic E-state index is 5.23. The predicted octanol–water partition coefficient (Wildman–Crippen LogP) is 1.55.